The molecule has 4 rings (SSSR count). The highest BCUT2D eigenvalue weighted by molar-refractivity contribution is 6.31. The highest BCUT2D eigenvalue weighted by atomic mass is 35.5. The number of nitrogens with zero attached hydrogens (tertiary/aromatic N) is 2. The number of alkyl halides is 3. The molecule has 0 radical (unpaired) electrons. The van der Waals surface area contributed by atoms with Gasteiger partial charge in [-0.1, -0.05) is 48.0 Å². The van der Waals surface area contributed by atoms with Crippen molar-refractivity contribution in [3.05, 3.63) is 70.2 Å². The highest BCUT2D eigenvalue weighted by Gasteiger charge is 2.49. The molecule has 1 aliphatic heterocycles. The Morgan fingerprint density at radius 2 is 1.67 bits per heavy atom. The van der Waals surface area contributed by atoms with Gasteiger partial charge in [-0.15, -0.1) is 0 Å². The molecule has 2 aliphatic rings. The summed E-state index contributed by atoms with van der Waals surface area (Å²) < 4.78 is 45.0. The fraction of sp³-hybridized carbons (Fsp3) is 0.417. The van der Waals surface area contributed by atoms with E-state index in [0.29, 0.717) is 43.2 Å². The minimum atomic E-state index is -4.44. The summed E-state index contributed by atoms with van der Waals surface area (Å²) in [6.45, 7) is 1.60. The van der Waals surface area contributed by atoms with E-state index in [4.69, 9.17) is 16.3 Å². The van der Waals surface area contributed by atoms with E-state index in [9.17, 15) is 22.8 Å². The standard InChI is InChI=1S/C24H24ClF3N2O3/c1-33-23(32)21(16-7-3-5-9-20(16)25)29-10-12-30(13-11-29)22(31)18-14-17(18)15-6-2-4-8-19(15)24(26,27)28/h2-9,17-18,21H,10-14H2,1H3. The molecular formula is C24H24ClF3N2O3. The fourth-order valence-electron chi connectivity index (χ4n) is 4.61. The lowest BCUT2D eigenvalue weighted by Crippen LogP contribution is -2.51. The Bertz CT molecular complexity index is 1040. The molecule has 3 atom stereocenters. The van der Waals surface area contributed by atoms with Gasteiger partial charge in [0.1, 0.15) is 6.04 Å². The van der Waals surface area contributed by atoms with E-state index in [1.807, 2.05) is 4.90 Å². The normalized spacial score (nSPS) is 22.0. The van der Waals surface area contributed by atoms with E-state index in [-0.39, 0.29) is 11.5 Å². The van der Waals surface area contributed by atoms with Crippen molar-refractivity contribution in [1.82, 2.24) is 9.80 Å². The molecule has 0 aromatic heterocycles. The van der Waals surface area contributed by atoms with E-state index >= 15 is 0 Å². The first-order valence-electron chi connectivity index (χ1n) is 10.7. The van der Waals surface area contributed by atoms with Gasteiger partial charge in [0.15, 0.2) is 0 Å². The Balaban J connectivity index is 1.42. The topological polar surface area (TPSA) is 49.9 Å². The van der Waals surface area contributed by atoms with Crippen LogP contribution in [0, 0.1) is 5.92 Å². The van der Waals surface area contributed by atoms with Crippen molar-refractivity contribution < 1.29 is 27.5 Å². The van der Waals surface area contributed by atoms with E-state index < -0.39 is 35.6 Å². The molecule has 2 aromatic rings. The number of hydrogen-bond acceptors (Lipinski definition) is 4. The number of piperazine rings is 1. The van der Waals surface area contributed by atoms with Gasteiger partial charge in [-0.25, -0.2) is 4.79 Å². The molecule has 5 nitrogen and oxygen atoms in total. The maximum atomic E-state index is 13.4. The van der Waals surface area contributed by atoms with Gasteiger partial charge < -0.3 is 9.64 Å². The zero-order valence-electron chi connectivity index (χ0n) is 18.0. The van der Waals surface area contributed by atoms with Crippen LogP contribution >= 0.6 is 11.6 Å². The van der Waals surface area contributed by atoms with Crippen molar-refractivity contribution in [2.45, 2.75) is 24.6 Å². The summed E-state index contributed by atoms with van der Waals surface area (Å²) in [5.74, 6) is -1.43. The lowest BCUT2D eigenvalue weighted by atomic mass is 10.0. The lowest BCUT2D eigenvalue weighted by Gasteiger charge is -2.38. The van der Waals surface area contributed by atoms with Gasteiger partial charge in [0.05, 0.1) is 12.7 Å². The summed E-state index contributed by atoms with van der Waals surface area (Å²) in [6.07, 6.45) is -4.03. The zero-order valence-corrected chi connectivity index (χ0v) is 18.8. The SMILES string of the molecule is COC(=O)C(c1ccccc1Cl)N1CCN(C(=O)C2CC2c2ccccc2C(F)(F)F)CC1. The van der Waals surface area contributed by atoms with Crippen molar-refractivity contribution in [2.24, 2.45) is 5.92 Å². The smallest absolute Gasteiger partial charge is 0.416 e. The first-order chi connectivity index (χ1) is 15.7. The first-order valence-corrected chi connectivity index (χ1v) is 11.1. The summed E-state index contributed by atoms with van der Waals surface area (Å²) in [6, 6.07) is 11.8. The number of methoxy groups -OCH3 is 1. The molecule has 0 spiro atoms. The number of rotatable bonds is 5. The van der Waals surface area contributed by atoms with Gasteiger partial charge in [0.25, 0.3) is 0 Å². The van der Waals surface area contributed by atoms with Crippen LogP contribution in [0.1, 0.15) is 35.1 Å². The molecule has 2 fully saturated rings. The monoisotopic (exact) mass is 480 g/mol. The Labute approximate surface area is 195 Å². The molecular weight excluding hydrogens is 457 g/mol. The van der Waals surface area contributed by atoms with E-state index in [2.05, 4.69) is 0 Å². The molecule has 9 heteroatoms. The van der Waals surface area contributed by atoms with Crippen LogP contribution in [0.3, 0.4) is 0 Å². The van der Waals surface area contributed by atoms with Crippen LogP contribution in [-0.4, -0.2) is 55.0 Å². The van der Waals surface area contributed by atoms with Crippen LogP contribution in [0.15, 0.2) is 48.5 Å². The number of esters is 1. The molecule has 33 heavy (non-hydrogen) atoms. The molecule has 0 N–H and O–H groups in total. The molecule has 1 saturated carbocycles. The maximum Gasteiger partial charge on any atom is 0.416 e. The lowest BCUT2D eigenvalue weighted by molar-refractivity contribution is -0.149. The minimum absolute atomic E-state index is 0.135. The van der Waals surface area contributed by atoms with Crippen molar-refractivity contribution in [2.75, 3.05) is 33.3 Å². The third kappa shape index (κ3) is 4.87. The summed E-state index contributed by atoms with van der Waals surface area (Å²) in [7, 11) is 1.32. The second-order valence-electron chi connectivity index (χ2n) is 8.34. The maximum absolute atomic E-state index is 13.4. The van der Waals surface area contributed by atoms with Gasteiger partial charge in [-0.05, 0) is 35.6 Å². The number of ether oxygens (including phenoxy) is 1. The molecule has 3 unspecified atom stereocenters. The third-order valence-electron chi connectivity index (χ3n) is 6.39. The number of carbonyl (C=O) groups is 2. The average Bonchev–Trinajstić information content (AvgIpc) is 3.60. The number of amides is 1. The summed E-state index contributed by atoms with van der Waals surface area (Å²) >= 11 is 6.31. The fourth-order valence-corrected chi connectivity index (χ4v) is 4.85. The minimum Gasteiger partial charge on any atom is -0.468 e. The van der Waals surface area contributed by atoms with Crippen LogP contribution in [-0.2, 0) is 20.5 Å². The van der Waals surface area contributed by atoms with Crippen LogP contribution in [0.4, 0.5) is 13.2 Å². The largest absolute Gasteiger partial charge is 0.468 e. The number of carbonyl (C=O) groups excluding carboxylic acids is 2. The number of benzene rings is 2. The van der Waals surface area contributed by atoms with E-state index in [1.54, 1.807) is 35.2 Å². The predicted molar refractivity (Wildman–Crippen MR) is 117 cm³/mol. The van der Waals surface area contributed by atoms with Gasteiger partial charge in [0.2, 0.25) is 5.91 Å². The number of halogens is 4. The predicted octanol–water partition coefficient (Wildman–Crippen LogP) is 4.52. The van der Waals surface area contributed by atoms with Crippen molar-refractivity contribution in [3.8, 4) is 0 Å². The van der Waals surface area contributed by atoms with Crippen LogP contribution < -0.4 is 0 Å². The number of hydrogen-bond donors (Lipinski definition) is 0. The Morgan fingerprint density at radius 3 is 2.30 bits per heavy atom. The van der Waals surface area contributed by atoms with Gasteiger partial charge in [-0.3, -0.25) is 9.69 Å². The molecule has 176 valence electrons. The van der Waals surface area contributed by atoms with Crippen molar-refractivity contribution >= 4 is 23.5 Å². The molecule has 2 aromatic carbocycles. The van der Waals surface area contributed by atoms with Crippen LogP contribution in [0.25, 0.3) is 0 Å². The van der Waals surface area contributed by atoms with Crippen molar-refractivity contribution in [3.63, 3.8) is 0 Å². The van der Waals surface area contributed by atoms with E-state index in [0.717, 1.165) is 6.07 Å². The zero-order chi connectivity index (χ0) is 23.8. The quantitative estimate of drug-likeness (QED) is 0.590. The third-order valence-corrected chi connectivity index (χ3v) is 6.73. The Morgan fingerprint density at radius 1 is 1.03 bits per heavy atom. The summed E-state index contributed by atoms with van der Waals surface area (Å²) in [5, 5.41) is 0.454. The summed E-state index contributed by atoms with van der Waals surface area (Å²) in [4.78, 5) is 29.1. The van der Waals surface area contributed by atoms with Gasteiger partial charge >= 0.3 is 12.1 Å². The molecule has 1 saturated heterocycles. The second kappa shape index (κ2) is 9.35. The van der Waals surface area contributed by atoms with Crippen LogP contribution in [0.2, 0.25) is 5.02 Å². The molecule has 1 aliphatic carbocycles. The van der Waals surface area contributed by atoms with Gasteiger partial charge in [-0.2, -0.15) is 13.2 Å². The van der Waals surface area contributed by atoms with Gasteiger partial charge in [0, 0.05) is 37.1 Å². The Kier molecular flexibility index (Phi) is 6.68. The van der Waals surface area contributed by atoms with E-state index in [1.165, 1.54) is 19.2 Å². The van der Waals surface area contributed by atoms with Crippen molar-refractivity contribution in [1.29, 1.82) is 0 Å². The second-order valence-corrected chi connectivity index (χ2v) is 8.75. The summed E-state index contributed by atoms with van der Waals surface area (Å²) in [5.41, 5.74) is 0.152. The Hall–Kier alpha value is -2.58. The molecule has 1 heterocycles. The first kappa shape index (κ1) is 23.6. The van der Waals surface area contributed by atoms with Crippen LogP contribution in [0.5, 0.6) is 0 Å². The average molecular weight is 481 g/mol. The molecule has 1 amide bonds. The molecule has 0 bridgehead atoms. The highest BCUT2D eigenvalue weighted by Crippen LogP contribution is 2.51.